The van der Waals surface area contributed by atoms with Gasteiger partial charge in [0.15, 0.2) is 0 Å². The van der Waals surface area contributed by atoms with Crippen LogP contribution in [0.3, 0.4) is 0 Å². The van der Waals surface area contributed by atoms with Gasteiger partial charge in [-0.25, -0.2) is 4.39 Å². The fourth-order valence-corrected chi connectivity index (χ4v) is 2.86. The van der Waals surface area contributed by atoms with Crippen LogP contribution in [0, 0.1) is 5.82 Å². The van der Waals surface area contributed by atoms with Crippen molar-refractivity contribution in [2.24, 2.45) is 0 Å². The van der Waals surface area contributed by atoms with Crippen LogP contribution in [-0.2, 0) is 5.75 Å². The van der Waals surface area contributed by atoms with Crippen molar-refractivity contribution < 1.29 is 4.39 Å². The first kappa shape index (κ1) is 15.4. The fourth-order valence-electron chi connectivity index (χ4n) is 1.84. The molecule has 4 heteroatoms. The molecule has 1 atom stereocenters. The highest BCUT2D eigenvalue weighted by atomic mass is 35.5. The van der Waals surface area contributed by atoms with Crippen molar-refractivity contribution >= 4 is 23.4 Å². The summed E-state index contributed by atoms with van der Waals surface area (Å²) in [5.41, 5.74) is 2.18. The molecule has 0 bridgehead atoms. The molecule has 1 unspecified atom stereocenters. The van der Waals surface area contributed by atoms with E-state index in [-0.39, 0.29) is 10.8 Å². The second-order valence-electron chi connectivity index (χ2n) is 4.62. The van der Waals surface area contributed by atoms with Crippen LogP contribution in [0.2, 0.25) is 5.02 Å². The third-order valence-corrected chi connectivity index (χ3v) is 4.55. The Kier molecular flexibility index (Phi) is 5.46. The summed E-state index contributed by atoms with van der Waals surface area (Å²) in [5, 5.41) is 3.39. The average Bonchev–Trinajstić information content (AvgIpc) is 2.48. The molecule has 0 aliphatic rings. The van der Waals surface area contributed by atoms with E-state index in [0.29, 0.717) is 6.04 Å². The minimum atomic E-state index is -0.359. The molecule has 1 N–H and O–H groups in total. The predicted octanol–water partition coefficient (Wildman–Crippen LogP) is 5.05. The van der Waals surface area contributed by atoms with Gasteiger partial charge in [0.1, 0.15) is 5.82 Å². The standard InChI is InChI=1S/C16H17ClFNS/c1-11(19-2)13-4-3-5-14(9-13)20-10-12-6-7-15(17)16(18)8-12/h3-9,11,19H,10H2,1-2H3. The molecule has 0 spiro atoms. The van der Waals surface area contributed by atoms with Gasteiger partial charge in [0, 0.05) is 16.7 Å². The SMILES string of the molecule is CNC(C)c1cccc(SCc2ccc(Cl)c(F)c2)c1. The Bertz CT molecular complexity index is 588. The lowest BCUT2D eigenvalue weighted by atomic mass is 10.1. The first-order valence-electron chi connectivity index (χ1n) is 6.44. The van der Waals surface area contributed by atoms with E-state index in [1.165, 1.54) is 16.5 Å². The van der Waals surface area contributed by atoms with Gasteiger partial charge in [0.25, 0.3) is 0 Å². The highest BCUT2D eigenvalue weighted by molar-refractivity contribution is 7.98. The molecule has 0 saturated carbocycles. The van der Waals surface area contributed by atoms with Crippen molar-refractivity contribution in [3.8, 4) is 0 Å². The van der Waals surface area contributed by atoms with E-state index in [4.69, 9.17) is 11.6 Å². The van der Waals surface area contributed by atoms with Gasteiger partial charge in [-0.15, -0.1) is 11.8 Å². The first-order valence-corrected chi connectivity index (χ1v) is 7.80. The Hall–Kier alpha value is -1.03. The van der Waals surface area contributed by atoms with Crippen LogP contribution in [0.15, 0.2) is 47.4 Å². The summed E-state index contributed by atoms with van der Waals surface area (Å²) in [5.74, 6) is 0.369. The molecule has 0 radical (unpaired) electrons. The van der Waals surface area contributed by atoms with E-state index in [1.54, 1.807) is 17.8 Å². The quantitative estimate of drug-likeness (QED) is 0.775. The Labute approximate surface area is 128 Å². The van der Waals surface area contributed by atoms with Gasteiger partial charge in [-0.3, -0.25) is 0 Å². The Balaban J connectivity index is 2.05. The molecule has 0 heterocycles. The van der Waals surface area contributed by atoms with E-state index >= 15 is 0 Å². The van der Waals surface area contributed by atoms with Crippen LogP contribution in [0.25, 0.3) is 0 Å². The average molecular weight is 310 g/mol. The van der Waals surface area contributed by atoms with Gasteiger partial charge in [0.05, 0.1) is 5.02 Å². The van der Waals surface area contributed by atoms with Gasteiger partial charge < -0.3 is 5.32 Å². The molecule has 106 valence electrons. The number of thioether (sulfide) groups is 1. The smallest absolute Gasteiger partial charge is 0.142 e. The molecule has 2 aromatic rings. The lowest BCUT2D eigenvalue weighted by Gasteiger charge is -2.12. The molecule has 0 amide bonds. The fraction of sp³-hybridized carbons (Fsp3) is 0.250. The van der Waals surface area contributed by atoms with Crippen LogP contribution in [0.5, 0.6) is 0 Å². The van der Waals surface area contributed by atoms with E-state index in [9.17, 15) is 4.39 Å². The molecule has 0 saturated heterocycles. The first-order chi connectivity index (χ1) is 9.60. The van der Waals surface area contributed by atoms with Gasteiger partial charge in [0.2, 0.25) is 0 Å². The molecule has 2 rings (SSSR count). The van der Waals surface area contributed by atoms with Gasteiger partial charge in [-0.05, 0) is 49.4 Å². The van der Waals surface area contributed by atoms with E-state index < -0.39 is 0 Å². The Morgan fingerprint density at radius 2 is 2.05 bits per heavy atom. The maximum absolute atomic E-state index is 13.4. The number of rotatable bonds is 5. The summed E-state index contributed by atoms with van der Waals surface area (Å²) >= 11 is 7.37. The van der Waals surface area contributed by atoms with Crippen molar-refractivity contribution in [2.45, 2.75) is 23.6 Å². The number of benzene rings is 2. The third-order valence-electron chi connectivity index (χ3n) is 3.18. The minimum absolute atomic E-state index is 0.170. The van der Waals surface area contributed by atoms with Crippen molar-refractivity contribution in [2.75, 3.05) is 7.05 Å². The molecule has 2 aromatic carbocycles. The zero-order chi connectivity index (χ0) is 14.5. The number of nitrogens with one attached hydrogen (secondary N) is 1. The van der Waals surface area contributed by atoms with Crippen molar-refractivity contribution in [1.82, 2.24) is 5.32 Å². The zero-order valence-corrected chi connectivity index (χ0v) is 13.1. The predicted molar refractivity (Wildman–Crippen MR) is 84.9 cm³/mol. The van der Waals surface area contributed by atoms with Crippen molar-refractivity contribution in [3.63, 3.8) is 0 Å². The Morgan fingerprint density at radius 1 is 1.25 bits per heavy atom. The highest BCUT2D eigenvalue weighted by Crippen LogP contribution is 2.26. The van der Waals surface area contributed by atoms with Crippen LogP contribution in [0.1, 0.15) is 24.1 Å². The summed E-state index contributed by atoms with van der Waals surface area (Å²) < 4.78 is 13.4. The third kappa shape index (κ3) is 3.98. The van der Waals surface area contributed by atoms with Crippen LogP contribution < -0.4 is 5.32 Å². The normalized spacial score (nSPS) is 12.4. The molecule has 0 aliphatic heterocycles. The number of hydrogen-bond donors (Lipinski definition) is 1. The van der Waals surface area contributed by atoms with Crippen molar-refractivity contribution in [3.05, 3.63) is 64.4 Å². The number of halogens is 2. The lowest BCUT2D eigenvalue weighted by Crippen LogP contribution is -2.11. The monoisotopic (exact) mass is 309 g/mol. The summed E-state index contributed by atoms with van der Waals surface area (Å²) in [4.78, 5) is 1.18. The topological polar surface area (TPSA) is 12.0 Å². The van der Waals surface area contributed by atoms with Crippen molar-refractivity contribution in [1.29, 1.82) is 0 Å². The number of hydrogen-bond acceptors (Lipinski definition) is 2. The second-order valence-corrected chi connectivity index (χ2v) is 6.08. The summed E-state index contributed by atoms with van der Waals surface area (Å²) in [6.45, 7) is 2.12. The molecular formula is C16H17ClFNS. The highest BCUT2D eigenvalue weighted by Gasteiger charge is 2.05. The Morgan fingerprint density at radius 3 is 2.75 bits per heavy atom. The van der Waals surface area contributed by atoms with Gasteiger partial charge in [-0.1, -0.05) is 29.8 Å². The molecule has 0 fully saturated rings. The molecule has 0 aliphatic carbocycles. The van der Waals surface area contributed by atoms with Gasteiger partial charge >= 0.3 is 0 Å². The van der Waals surface area contributed by atoms with E-state index in [2.05, 4.69) is 30.4 Å². The van der Waals surface area contributed by atoms with E-state index in [1.807, 2.05) is 19.2 Å². The van der Waals surface area contributed by atoms with Crippen LogP contribution in [0.4, 0.5) is 4.39 Å². The van der Waals surface area contributed by atoms with E-state index in [0.717, 1.165) is 11.3 Å². The molecule has 20 heavy (non-hydrogen) atoms. The lowest BCUT2D eigenvalue weighted by molar-refractivity contribution is 0.627. The molecule has 0 aromatic heterocycles. The van der Waals surface area contributed by atoms with Crippen LogP contribution in [-0.4, -0.2) is 7.05 Å². The second kappa shape index (κ2) is 7.11. The van der Waals surface area contributed by atoms with Crippen LogP contribution >= 0.6 is 23.4 Å². The molecular weight excluding hydrogens is 293 g/mol. The summed E-state index contributed by atoms with van der Waals surface area (Å²) in [6.07, 6.45) is 0. The molecule has 1 nitrogen and oxygen atoms in total. The summed E-state index contributed by atoms with van der Waals surface area (Å²) in [6, 6.07) is 13.7. The minimum Gasteiger partial charge on any atom is -0.313 e. The zero-order valence-electron chi connectivity index (χ0n) is 11.5. The van der Waals surface area contributed by atoms with Gasteiger partial charge in [-0.2, -0.15) is 0 Å². The maximum atomic E-state index is 13.4. The maximum Gasteiger partial charge on any atom is 0.142 e. The largest absolute Gasteiger partial charge is 0.313 e. The summed E-state index contributed by atoms with van der Waals surface area (Å²) in [7, 11) is 1.95.